The summed E-state index contributed by atoms with van der Waals surface area (Å²) >= 11 is 1.15. The Bertz CT molecular complexity index is 1040. The number of nitrogens with zero attached hydrogens (tertiary/aromatic N) is 3. The molecule has 3 rings (SSSR count). The summed E-state index contributed by atoms with van der Waals surface area (Å²) in [5.74, 6) is 1.79. The molecule has 11 heteroatoms. The third-order valence-corrected chi connectivity index (χ3v) is 4.98. The summed E-state index contributed by atoms with van der Waals surface area (Å²) in [5.41, 5.74) is 0.988. The third kappa shape index (κ3) is 4.51. The van der Waals surface area contributed by atoms with E-state index in [1.165, 1.54) is 45.6 Å². The molecule has 0 saturated heterocycles. The Balaban J connectivity index is 1.72. The molecule has 30 heavy (non-hydrogen) atoms. The number of ether oxygens (including phenoxy) is 3. The number of carbonyl (C=O) groups excluding carboxylic acids is 1. The maximum absolute atomic E-state index is 12.3. The Morgan fingerprint density at radius 2 is 1.73 bits per heavy atom. The standard InChI is InChI=1S/C19H18N4O6S/c1-27-15-8-12(9-16(28-2)17(15)29-3)18-20-19(22-21-18)30-10-14(24)11-4-6-13(7-5-11)23(25)26/h4-9H,10H2,1-3H3,(H,20,21,22). The number of methoxy groups -OCH3 is 3. The molecule has 1 heterocycles. The summed E-state index contributed by atoms with van der Waals surface area (Å²) < 4.78 is 16.0. The van der Waals surface area contributed by atoms with E-state index in [4.69, 9.17) is 14.2 Å². The number of nitrogens with one attached hydrogen (secondary N) is 1. The van der Waals surface area contributed by atoms with Gasteiger partial charge in [0, 0.05) is 23.3 Å². The normalized spacial score (nSPS) is 10.5. The number of rotatable bonds is 9. The molecule has 0 fully saturated rings. The van der Waals surface area contributed by atoms with E-state index in [1.807, 2.05) is 0 Å². The van der Waals surface area contributed by atoms with Gasteiger partial charge in [-0.05, 0) is 24.3 Å². The first kappa shape index (κ1) is 21.1. The van der Waals surface area contributed by atoms with Crippen LogP contribution in [0.15, 0.2) is 41.6 Å². The molecule has 1 N–H and O–H groups in total. The van der Waals surface area contributed by atoms with Crippen LogP contribution in [0, 0.1) is 10.1 Å². The van der Waals surface area contributed by atoms with Crippen molar-refractivity contribution in [2.24, 2.45) is 0 Å². The Kier molecular flexibility index (Phi) is 6.52. The molecule has 0 spiro atoms. The lowest BCUT2D eigenvalue weighted by atomic mass is 10.1. The van der Waals surface area contributed by atoms with Crippen LogP contribution in [0.1, 0.15) is 10.4 Å². The van der Waals surface area contributed by atoms with E-state index in [-0.39, 0.29) is 17.2 Å². The average Bonchev–Trinajstić information content (AvgIpc) is 3.25. The summed E-state index contributed by atoms with van der Waals surface area (Å²) in [7, 11) is 4.56. The number of ketones is 1. The van der Waals surface area contributed by atoms with Gasteiger partial charge in [0.2, 0.25) is 10.9 Å². The lowest BCUT2D eigenvalue weighted by Crippen LogP contribution is -2.02. The third-order valence-electron chi connectivity index (χ3n) is 4.14. The van der Waals surface area contributed by atoms with Gasteiger partial charge in [-0.25, -0.2) is 4.98 Å². The van der Waals surface area contributed by atoms with Crippen molar-refractivity contribution < 1.29 is 23.9 Å². The van der Waals surface area contributed by atoms with Gasteiger partial charge in [-0.15, -0.1) is 5.10 Å². The highest BCUT2D eigenvalue weighted by molar-refractivity contribution is 7.99. The van der Waals surface area contributed by atoms with Crippen LogP contribution in [-0.4, -0.2) is 53.0 Å². The molecule has 0 radical (unpaired) electrons. The average molecular weight is 430 g/mol. The van der Waals surface area contributed by atoms with Crippen LogP contribution in [0.4, 0.5) is 5.69 Å². The zero-order valence-corrected chi connectivity index (χ0v) is 17.2. The lowest BCUT2D eigenvalue weighted by Gasteiger charge is -2.13. The van der Waals surface area contributed by atoms with Crippen LogP contribution in [-0.2, 0) is 0 Å². The number of H-pyrrole nitrogens is 1. The number of carbonyl (C=O) groups is 1. The fraction of sp³-hybridized carbons (Fsp3) is 0.211. The number of benzene rings is 2. The van der Waals surface area contributed by atoms with Gasteiger partial charge in [-0.2, -0.15) is 0 Å². The number of nitro benzene ring substituents is 1. The maximum Gasteiger partial charge on any atom is 0.269 e. The molecule has 0 aliphatic carbocycles. The summed E-state index contributed by atoms with van der Waals surface area (Å²) in [6.45, 7) is 0. The van der Waals surface area contributed by atoms with Gasteiger partial charge in [0.15, 0.2) is 23.1 Å². The number of thioether (sulfide) groups is 1. The number of hydrogen-bond donors (Lipinski definition) is 1. The lowest BCUT2D eigenvalue weighted by molar-refractivity contribution is -0.384. The molecular weight excluding hydrogens is 412 g/mol. The second-order valence-corrected chi connectivity index (χ2v) is 6.84. The highest BCUT2D eigenvalue weighted by Crippen LogP contribution is 2.40. The predicted molar refractivity (Wildman–Crippen MR) is 110 cm³/mol. The summed E-state index contributed by atoms with van der Waals surface area (Å²) in [6.07, 6.45) is 0. The van der Waals surface area contributed by atoms with Crippen LogP contribution in [0.5, 0.6) is 17.2 Å². The first-order valence-corrected chi connectivity index (χ1v) is 9.58. The van der Waals surface area contributed by atoms with Crippen LogP contribution in [0.3, 0.4) is 0 Å². The van der Waals surface area contributed by atoms with E-state index in [0.717, 1.165) is 11.8 Å². The summed E-state index contributed by atoms with van der Waals surface area (Å²) in [4.78, 5) is 26.9. The minimum absolute atomic E-state index is 0.0665. The SMILES string of the molecule is COc1cc(-c2nc(SCC(=O)c3ccc([N+](=O)[O-])cc3)n[nH]2)cc(OC)c1OC. The first-order chi connectivity index (χ1) is 14.5. The van der Waals surface area contributed by atoms with E-state index in [0.29, 0.717) is 39.4 Å². The Morgan fingerprint density at radius 3 is 2.27 bits per heavy atom. The second kappa shape index (κ2) is 9.27. The molecule has 3 aromatic rings. The number of Topliss-reactive ketones (excluding diaryl/α,β-unsaturated/α-hetero) is 1. The molecule has 1 aromatic heterocycles. The zero-order chi connectivity index (χ0) is 21.7. The van der Waals surface area contributed by atoms with E-state index in [2.05, 4.69) is 15.2 Å². The van der Waals surface area contributed by atoms with Gasteiger partial charge in [0.25, 0.3) is 5.69 Å². The van der Waals surface area contributed by atoms with Crippen molar-refractivity contribution in [2.75, 3.05) is 27.1 Å². The molecule has 0 aliphatic heterocycles. The second-order valence-electron chi connectivity index (χ2n) is 5.90. The number of non-ortho nitro benzene ring substituents is 1. The summed E-state index contributed by atoms with van der Waals surface area (Å²) in [5, 5.41) is 18.0. The van der Waals surface area contributed by atoms with Crippen LogP contribution in [0.25, 0.3) is 11.4 Å². The highest BCUT2D eigenvalue weighted by Gasteiger charge is 2.17. The van der Waals surface area contributed by atoms with Crippen molar-refractivity contribution in [2.45, 2.75) is 5.16 Å². The van der Waals surface area contributed by atoms with Gasteiger partial charge in [0.1, 0.15) is 0 Å². The first-order valence-electron chi connectivity index (χ1n) is 8.60. The topological polar surface area (TPSA) is 129 Å². The van der Waals surface area contributed by atoms with Crippen LogP contribution >= 0.6 is 11.8 Å². The molecule has 0 atom stereocenters. The van der Waals surface area contributed by atoms with E-state index >= 15 is 0 Å². The van der Waals surface area contributed by atoms with Crippen molar-refractivity contribution in [3.05, 3.63) is 52.1 Å². The Morgan fingerprint density at radius 1 is 1.10 bits per heavy atom. The minimum atomic E-state index is -0.513. The Hall–Kier alpha value is -3.60. The zero-order valence-electron chi connectivity index (χ0n) is 16.4. The molecule has 0 bridgehead atoms. The van der Waals surface area contributed by atoms with Crippen LogP contribution in [0.2, 0.25) is 0 Å². The van der Waals surface area contributed by atoms with Crippen LogP contribution < -0.4 is 14.2 Å². The quantitative estimate of drug-likeness (QED) is 0.235. The van der Waals surface area contributed by atoms with E-state index < -0.39 is 4.92 Å². The minimum Gasteiger partial charge on any atom is -0.493 e. The largest absolute Gasteiger partial charge is 0.493 e. The molecule has 0 saturated carbocycles. The van der Waals surface area contributed by atoms with Gasteiger partial charge in [-0.3, -0.25) is 20.0 Å². The molecule has 0 amide bonds. The number of hydrogen-bond acceptors (Lipinski definition) is 9. The summed E-state index contributed by atoms with van der Waals surface area (Å²) in [6, 6.07) is 8.93. The highest BCUT2D eigenvalue weighted by atomic mass is 32.2. The molecule has 156 valence electrons. The maximum atomic E-state index is 12.3. The number of nitro groups is 1. The smallest absolute Gasteiger partial charge is 0.269 e. The van der Waals surface area contributed by atoms with Crippen molar-refractivity contribution in [3.63, 3.8) is 0 Å². The molecular formula is C19H18N4O6S. The molecule has 0 aliphatic rings. The van der Waals surface area contributed by atoms with Crippen molar-refractivity contribution in [3.8, 4) is 28.6 Å². The number of aromatic amines is 1. The van der Waals surface area contributed by atoms with Crippen molar-refractivity contribution >= 4 is 23.2 Å². The van der Waals surface area contributed by atoms with E-state index in [9.17, 15) is 14.9 Å². The van der Waals surface area contributed by atoms with Crippen molar-refractivity contribution in [1.82, 2.24) is 15.2 Å². The van der Waals surface area contributed by atoms with E-state index in [1.54, 1.807) is 12.1 Å². The van der Waals surface area contributed by atoms with Gasteiger partial charge >= 0.3 is 0 Å². The molecule has 0 unspecified atom stereocenters. The predicted octanol–water partition coefficient (Wildman–Crippen LogP) is 3.38. The molecule has 10 nitrogen and oxygen atoms in total. The number of aromatic nitrogens is 3. The Labute approximate surface area is 175 Å². The van der Waals surface area contributed by atoms with Gasteiger partial charge in [0.05, 0.1) is 32.0 Å². The fourth-order valence-electron chi connectivity index (χ4n) is 2.64. The van der Waals surface area contributed by atoms with Gasteiger partial charge < -0.3 is 14.2 Å². The van der Waals surface area contributed by atoms with Gasteiger partial charge in [-0.1, -0.05) is 11.8 Å². The van der Waals surface area contributed by atoms with Crippen molar-refractivity contribution in [1.29, 1.82) is 0 Å². The monoisotopic (exact) mass is 430 g/mol. The molecule has 2 aromatic carbocycles. The fourth-order valence-corrected chi connectivity index (χ4v) is 3.33.